The number of allylic oxidation sites excluding steroid dienone is 2. The maximum absolute atomic E-state index is 14.5. The molecule has 262 valence electrons. The molecule has 0 bridgehead atoms. The van der Waals surface area contributed by atoms with Crippen molar-refractivity contribution in [2.45, 2.75) is 84.5 Å². The minimum absolute atomic E-state index is 0.0209. The highest BCUT2D eigenvalue weighted by Gasteiger charge is 2.84. The smallest absolute Gasteiger partial charge is 0.338 e. The van der Waals surface area contributed by atoms with Gasteiger partial charge in [-0.3, -0.25) is 9.59 Å². The molecular formula is C38H44O11. The van der Waals surface area contributed by atoms with Crippen LogP contribution in [-0.2, 0) is 42.9 Å². The molecule has 12 atom stereocenters. The largest absolute Gasteiger partial charge is 0.466 e. The molecule has 49 heavy (non-hydrogen) atoms. The minimum Gasteiger partial charge on any atom is -0.466 e. The summed E-state index contributed by atoms with van der Waals surface area (Å²) in [6.45, 7) is 9.67. The number of ether oxygens (including phenoxy) is 4. The lowest BCUT2D eigenvalue weighted by molar-refractivity contribution is -0.191. The third-order valence-corrected chi connectivity index (χ3v) is 14.6. The molecule has 11 nitrogen and oxygen atoms in total. The van der Waals surface area contributed by atoms with Crippen molar-refractivity contribution in [2.75, 3.05) is 20.3 Å². The molecule has 0 saturated heterocycles. The normalized spacial score (nSPS) is 46.1. The van der Waals surface area contributed by atoms with Crippen molar-refractivity contribution < 1.29 is 53.1 Å². The van der Waals surface area contributed by atoms with E-state index < -0.39 is 75.6 Å². The summed E-state index contributed by atoms with van der Waals surface area (Å²) in [6.07, 6.45) is 2.50. The fourth-order valence-corrected chi connectivity index (χ4v) is 12.1. The molecule has 7 aliphatic carbocycles. The molecule has 2 N–H and O–H groups in total. The van der Waals surface area contributed by atoms with E-state index >= 15 is 0 Å². The number of carbonyl (C=O) groups is 5. The molecule has 8 rings (SSSR count). The number of carbonyl (C=O) groups excluding carboxylic acids is 5. The highest BCUT2D eigenvalue weighted by Crippen LogP contribution is 2.83. The zero-order valence-electron chi connectivity index (χ0n) is 29.0. The fraction of sp³-hybridized carbons (Fsp3) is 0.658. The number of Topliss-reactive ketones (excluding diaryl/α,β-unsaturated/α-hetero) is 1. The zero-order chi connectivity index (χ0) is 35.3. The van der Waals surface area contributed by atoms with Gasteiger partial charge in [-0.2, -0.15) is 0 Å². The summed E-state index contributed by atoms with van der Waals surface area (Å²) in [5.74, 6) is -4.77. The van der Waals surface area contributed by atoms with Crippen molar-refractivity contribution in [1.82, 2.24) is 0 Å². The molecule has 0 aromatic rings. The van der Waals surface area contributed by atoms with Gasteiger partial charge in [-0.25, -0.2) is 14.4 Å². The second-order valence-electron chi connectivity index (χ2n) is 16.2. The maximum atomic E-state index is 14.5. The summed E-state index contributed by atoms with van der Waals surface area (Å²) in [6, 6.07) is 0. The predicted molar refractivity (Wildman–Crippen MR) is 170 cm³/mol. The van der Waals surface area contributed by atoms with Crippen molar-refractivity contribution in [3.63, 3.8) is 0 Å². The van der Waals surface area contributed by atoms with Crippen LogP contribution in [0.4, 0.5) is 0 Å². The van der Waals surface area contributed by atoms with E-state index in [4.69, 9.17) is 18.9 Å². The molecule has 0 aromatic heterocycles. The number of ketones is 1. The molecular weight excluding hydrogens is 632 g/mol. The maximum Gasteiger partial charge on any atom is 0.338 e. The second kappa shape index (κ2) is 10.0. The Hall–Kier alpha value is -3.57. The fourth-order valence-electron chi connectivity index (χ4n) is 12.1. The van der Waals surface area contributed by atoms with E-state index in [2.05, 4.69) is 6.92 Å². The average molecular weight is 677 g/mol. The molecule has 0 amide bonds. The van der Waals surface area contributed by atoms with Gasteiger partial charge in [0.2, 0.25) is 0 Å². The van der Waals surface area contributed by atoms with Crippen LogP contribution in [0, 0.1) is 52.3 Å². The van der Waals surface area contributed by atoms with Gasteiger partial charge in [-0.1, -0.05) is 25.5 Å². The van der Waals surface area contributed by atoms with Crippen LogP contribution in [0.5, 0.6) is 0 Å². The molecule has 8 aliphatic rings. The number of aliphatic hydroxyl groups is 2. The van der Waals surface area contributed by atoms with Crippen LogP contribution in [0.1, 0.15) is 67.2 Å². The number of aliphatic hydroxyl groups excluding tert-OH is 1. The molecule has 11 heteroatoms. The van der Waals surface area contributed by atoms with Gasteiger partial charge in [-0.15, -0.1) is 0 Å². The van der Waals surface area contributed by atoms with E-state index in [1.54, 1.807) is 19.9 Å². The number of hydrogen-bond donors (Lipinski definition) is 2. The highest BCUT2D eigenvalue weighted by atomic mass is 16.6. The number of esters is 4. The van der Waals surface area contributed by atoms with Crippen molar-refractivity contribution in [2.24, 2.45) is 52.3 Å². The Bertz CT molecular complexity index is 1800. The lowest BCUT2D eigenvalue weighted by Crippen LogP contribution is -2.67. The summed E-state index contributed by atoms with van der Waals surface area (Å²) in [5.41, 5.74) is -1.10. The van der Waals surface area contributed by atoms with Crippen LogP contribution in [-0.4, -0.2) is 77.5 Å². The minimum atomic E-state index is -1.44. The van der Waals surface area contributed by atoms with Gasteiger partial charge in [0.15, 0.2) is 5.78 Å². The predicted octanol–water partition coefficient (Wildman–Crippen LogP) is 3.08. The summed E-state index contributed by atoms with van der Waals surface area (Å²) >= 11 is 0. The van der Waals surface area contributed by atoms with Gasteiger partial charge in [-0.05, 0) is 86.7 Å². The van der Waals surface area contributed by atoms with Gasteiger partial charge in [0.05, 0.1) is 18.6 Å². The van der Waals surface area contributed by atoms with Crippen LogP contribution >= 0.6 is 0 Å². The third kappa shape index (κ3) is 3.73. The SMILES string of the molecule is C/C=C(\C)C(=O)OC[C@]1(O)[C@H]2C[C@H]2[C@]2(C)[C@@H]3CC4=C5[C@H](C(=C(C)C(=O)OC)C(=O)[C@H](O)[C@@]5(C)[C@@H]5C[C@H]45)[C@@]34OC(=O)C(COC(C)=O)=C4C[C@@H]12. The zero-order valence-corrected chi connectivity index (χ0v) is 29.0. The molecule has 0 unspecified atom stereocenters. The standard InChI is InChI=1S/C38H44O11/c1-8-15(2)32(42)48-14-37(45)24-11-23(24)35(5)25(37)12-22-20(13-47-17(4)39)34(44)49-38(22)26(35)10-19-18-9-21(18)36(6)28(19)29(38)27(30(40)31(36)41)16(3)33(43)46-7/h8,18,21,23-26,29,31,41,45H,9-14H2,1-7H3/b15-8+,27-16?/t18-,21-,23-,24+,25-,26+,29+,31+,35+,36+,37+,38+/m1/s1. The van der Waals surface area contributed by atoms with Gasteiger partial charge in [0.25, 0.3) is 0 Å². The van der Waals surface area contributed by atoms with Crippen LogP contribution in [0.3, 0.4) is 0 Å². The van der Waals surface area contributed by atoms with E-state index in [0.717, 1.165) is 17.6 Å². The lowest BCUT2D eigenvalue weighted by Gasteiger charge is -2.63. The Kier molecular flexibility index (Phi) is 6.67. The summed E-state index contributed by atoms with van der Waals surface area (Å²) in [5, 5.41) is 24.4. The molecule has 5 saturated carbocycles. The van der Waals surface area contributed by atoms with E-state index in [9.17, 15) is 34.2 Å². The van der Waals surface area contributed by atoms with E-state index in [0.29, 0.717) is 24.0 Å². The monoisotopic (exact) mass is 676 g/mol. The van der Waals surface area contributed by atoms with Gasteiger partial charge >= 0.3 is 23.9 Å². The van der Waals surface area contributed by atoms with Crippen LogP contribution < -0.4 is 0 Å². The topological polar surface area (TPSA) is 163 Å². The van der Waals surface area contributed by atoms with Crippen molar-refractivity contribution in [1.29, 1.82) is 0 Å². The molecule has 1 aliphatic heterocycles. The first kappa shape index (κ1) is 32.6. The number of rotatable bonds is 6. The Morgan fingerprint density at radius 2 is 1.69 bits per heavy atom. The molecule has 1 spiro atoms. The Labute approximate surface area is 284 Å². The average Bonchev–Trinajstić information content (AvgIpc) is 3.98. The molecule has 5 fully saturated rings. The van der Waals surface area contributed by atoms with Gasteiger partial charge in [0.1, 0.15) is 30.5 Å². The summed E-state index contributed by atoms with van der Waals surface area (Å²) < 4.78 is 23.0. The van der Waals surface area contributed by atoms with E-state index in [1.165, 1.54) is 21.0 Å². The van der Waals surface area contributed by atoms with Crippen molar-refractivity contribution >= 4 is 29.7 Å². The molecule has 1 heterocycles. The van der Waals surface area contributed by atoms with Crippen LogP contribution in [0.2, 0.25) is 0 Å². The quantitative estimate of drug-likeness (QED) is 0.184. The molecule has 0 radical (unpaired) electrons. The Balaban J connectivity index is 1.37. The lowest BCUT2D eigenvalue weighted by atomic mass is 9.42. The van der Waals surface area contributed by atoms with E-state index in [-0.39, 0.29) is 60.0 Å². The van der Waals surface area contributed by atoms with Crippen LogP contribution in [0.25, 0.3) is 0 Å². The number of fused-ring (bicyclic) bond motifs is 7. The number of methoxy groups -OCH3 is 1. The first-order valence-corrected chi connectivity index (χ1v) is 17.4. The Morgan fingerprint density at radius 1 is 0.980 bits per heavy atom. The summed E-state index contributed by atoms with van der Waals surface area (Å²) in [4.78, 5) is 66.8. The molecule has 0 aromatic carbocycles. The first-order valence-electron chi connectivity index (χ1n) is 17.4. The first-order chi connectivity index (χ1) is 23.0. The Morgan fingerprint density at radius 3 is 2.35 bits per heavy atom. The second-order valence-corrected chi connectivity index (χ2v) is 16.2. The van der Waals surface area contributed by atoms with Crippen molar-refractivity contribution in [3.05, 3.63) is 45.1 Å². The van der Waals surface area contributed by atoms with E-state index in [1.807, 2.05) is 6.92 Å². The highest BCUT2D eigenvalue weighted by molar-refractivity contribution is 6.09. The van der Waals surface area contributed by atoms with Gasteiger partial charge < -0.3 is 29.2 Å². The van der Waals surface area contributed by atoms with Crippen molar-refractivity contribution in [3.8, 4) is 0 Å². The van der Waals surface area contributed by atoms with Crippen LogP contribution in [0.15, 0.2) is 45.1 Å². The third-order valence-electron chi connectivity index (χ3n) is 14.6. The number of hydrogen-bond acceptors (Lipinski definition) is 11. The van der Waals surface area contributed by atoms with Gasteiger partial charge in [0, 0.05) is 40.9 Å². The summed E-state index contributed by atoms with van der Waals surface area (Å²) in [7, 11) is 1.24.